The summed E-state index contributed by atoms with van der Waals surface area (Å²) in [4.78, 5) is 9.23. The first kappa shape index (κ1) is 16.8. The SMILES string of the molecule is COCc1nc(N[C@H]2CCCc3cc(OC)ccc32)c2cnn(C)c2n1. The molecule has 3 aromatic rings. The predicted molar refractivity (Wildman–Crippen MR) is 99.3 cm³/mol. The molecule has 136 valence electrons. The van der Waals surface area contributed by atoms with Gasteiger partial charge in [0.2, 0.25) is 0 Å². The number of anilines is 1. The van der Waals surface area contributed by atoms with E-state index in [1.807, 2.05) is 19.3 Å². The van der Waals surface area contributed by atoms with Crippen molar-refractivity contribution in [2.75, 3.05) is 19.5 Å². The molecule has 1 aromatic carbocycles. The number of methoxy groups -OCH3 is 2. The van der Waals surface area contributed by atoms with Gasteiger partial charge < -0.3 is 14.8 Å². The van der Waals surface area contributed by atoms with Crippen LogP contribution in [0.3, 0.4) is 0 Å². The summed E-state index contributed by atoms with van der Waals surface area (Å²) < 4.78 is 12.4. The quantitative estimate of drug-likeness (QED) is 0.760. The molecule has 1 aliphatic carbocycles. The van der Waals surface area contributed by atoms with Gasteiger partial charge in [-0.3, -0.25) is 4.68 Å². The molecule has 2 heterocycles. The lowest BCUT2D eigenvalue weighted by molar-refractivity contribution is 0.178. The number of benzene rings is 1. The molecule has 0 spiro atoms. The summed E-state index contributed by atoms with van der Waals surface area (Å²) >= 11 is 0. The second-order valence-electron chi connectivity index (χ2n) is 6.58. The highest BCUT2D eigenvalue weighted by Crippen LogP contribution is 2.35. The minimum atomic E-state index is 0.207. The van der Waals surface area contributed by atoms with Crippen molar-refractivity contribution in [1.29, 1.82) is 0 Å². The van der Waals surface area contributed by atoms with E-state index in [4.69, 9.17) is 9.47 Å². The van der Waals surface area contributed by atoms with E-state index in [1.165, 1.54) is 11.1 Å². The number of hydrogen-bond donors (Lipinski definition) is 1. The van der Waals surface area contributed by atoms with Gasteiger partial charge in [-0.2, -0.15) is 5.10 Å². The normalized spacial score (nSPS) is 16.5. The van der Waals surface area contributed by atoms with Gasteiger partial charge >= 0.3 is 0 Å². The van der Waals surface area contributed by atoms with Crippen LogP contribution in [0.4, 0.5) is 5.82 Å². The van der Waals surface area contributed by atoms with Gasteiger partial charge in [0.15, 0.2) is 11.5 Å². The lowest BCUT2D eigenvalue weighted by Gasteiger charge is -2.27. The van der Waals surface area contributed by atoms with Crippen molar-refractivity contribution in [3.05, 3.63) is 41.3 Å². The molecule has 0 aliphatic heterocycles. The van der Waals surface area contributed by atoms with Crippen LogP contribution in [0.15, 0.2) is 24.4 Å². The molecular formula is C19H23N5O2. The zero-order valence-corrected chi connectivity index (χ0v) is 15.3. The zero-order chi connectivity index (χ0) is 18.1. The summed E-state index contributed by atoms with van der Waals surface area (Å²) in [6.45, 7) is 0.369. The van der Waals surface area contributed by atoms with E-state index in [-0.39, 0.29) is 6.04 Å². The predicted octanol–water partition coefficient (Wildman–Crippen LogP) is 3.01. The summed E-state index contributed by atoms with van der Waals surface area (Å²) in [5.41, 5.74) is 3.45. The number of aryl methyl sites for hydroxylation is 2. The second kappa shape index (κ2) is 6.92. The average Bonchev–Trinajstić information content (AvgIpc) is 3.03. The number of hydrogen-bond acceptors (Lipinski definition) is 6. The Labute approximate surface area is 152 Å². The van der Waals surface area contributed by atoms with Gasteiger partial charge in [0.05, 0.1) is 24.7 Å². The van der Waals surface area contributed by atoms with Crippen LogP contribution in [0.2, 0.25) is 0 Å². The lowest BCUT2D eigenvalue weighted by Crippen LogP contribution is -2.19. The molecular weight excluding hydrogens is 330 g/mol. The lowest BCUT2D eigenvalue weighted by atomic mass is 9.87. The minimum Gasteiger partial charge on any atom is -0.497 e. The van der Waals surface area contributed by atoms with Crippen molar-refractivity contribution in [2.45, 2.75) is 31.9 Å². The zero-order valence-electron chi connectivity index (χ0n) is 15.3. The Hall–Kier alpha value is -2.67. The van der Waals surface area contributed by atoms with E-state index in [2.05, 4.69) is 32.5 Å². The standard InChI is InChI=1S/C19H23N5O2/c1-24-19-15(10-20-24)18(22-17(23-19)11-25-2)21-16-6-4-5-12-9-13(26-3)7-8-14(12)16/h7-10,16H,4-6,11H2,1-3H3,(H,21,22,23)/t16-/m0/s1. The maximum Gasteiger partial charge on any atom is 0.163 e. The van der Waals surface area contributed by atoms with Crippen LogP contribution in [0.1, 0.15) is 35.8 Å². The van der Waals surface area contributed by atoms with Crippen molar-refractivity contribution in [3.8, 4) is 5.75 Å². The highest BCUT2D eigenvalue weighted by atomic mass is 16.5. The summed E-state index contributed by atoms with van der Waals surface area (Å²) in [7, 11) is 5.24. The Balaban J connectivity index is 1.72. The van der Waals surface area contributed by atoms with Gasteiger partial charge in [-0.15, -0.1) is 0 Å². The fourth-order valence-electron chi connectivity index (χ4n) is 3.60. The molecule has 0 bridgehead atoms. The van der Waals surface area contributed by atoms with Gasteiger partial charge in [-0.25, -0.2) is 9.97 Å². The molecule has 0 fully saturated rings. The van der Waals surface area contributed by atoms with Crippen molar-refractivity contribution in [2.24, 2.45) is 7.05 Å². The topological polar surface area (TPSA) is 74.1 Å². The Bertz CT molecular complexity index is 937. The number of rotatable bonds is 5. The van der Waals surface area contributed by atoms with Crippen LogP contribution in [-0.2, 0) is 24.8 Å². The number of aromatic nitrogens is 4. The smallest absolute Gasteiger partial charge is 0.163 e. The molecule has 2 aromatic heterocycles. The highest BCUT2D eigenvalue weighted by molar-refractivity contribution is 5.86. The van der Waals surface area contributed by atoms with Crippen molar-refractivity contribution < 1.29 is 9.47 Å². The molecule has 0 radical (unpaired) electrons. The summed E-state index contributed by atoms with van der Waals surface area (Å²) in [5, 5.41) is 8.89. The fourth-order valence-corrected chi connectivity index (χ4v) is 3.60. The number of nitrogens with one attached hydrogen (secondary N) is 1. The van der Waals surface area contributed by atoms with Crippen molar-refractivity contribution in [3.63, 3.8) is 0 Å². The van der Waals surface area contributed by atoms with E-state index >= 15 is 0 Å². The van der Waals surface area contributed by atoms with E-state index in [0.717, 1.165) is 41.9 Å². The molecule has 7 nitrogen and oxygen atoms in total. The molecule has 1 aliphatic rings. The molecule has 26 heavy (non-hydrogen) atoms. The third-order valence-corrected chi connectivity index (χ3v) is 4.89. The molecule has 0 amide bonds. The summed E-state index contributed by atoms with van der Waals surface area (Å²) in [6, 6.07) is 6.52. The monoisotopic (exact) mass is 353 g/mol. The molecule has 1 N–H and O–H groups in total. The first-order valence-electron chi connectivity index (χ1n) is 8.80. The third kappa shape index (κ3) is 2.99. The number of ether oxygens (including phenoxy) is 2. The van der Waals surface area contributed by atoms with Crippen LogP contribution in [0.5, 0.6) is 5.75 Å². The maximum atomic E-state index is 5.37. The second-order valence-corrected chi connectivity index (χ2v) is 6.58. The van der Waals surface area contributed by atoms with E-state index in [9.17, 15) is 0 Å². The van der Waals surface area contributed by atoms with Crippen LogP contribution >= 0.6 is 0 Å². The molecule has 0 saturated heterocycles. The van der Waals surface area contributed by atoms with Crippen LogP contribution in [0.25, 0.3) is 11.0 Å². The number of nitrogens with zero attached hydrogens (tertiary/aromatic N) is 4. The molecule has 0 unspecified atom stereocenters. The minimum absolute atomic E-state index is 0.207. The van der Waals surface area contributed by atoms with Crippen molar-refractivity contribution >= 4 is 16.9 Å². The summed E-state index contributed by atoms with van der Waals surface area (Å²) in [6.07, 6.45) is 5.08. The highest BCUT2D eigenvalue weighted by Gasteiger charge is 2.22. The Morgan fingerprint density at radius 3 is 2.96 bits per heavy atom. The fraction of sp³-hybridized carbons (Fsp3) is 0.421. The maximum absolute atomic E-state index is 5.37. The van der Waals surface area contributed by atoms with E-state index in [0.29, 0.717) is 12.4 Å². The number of fused-ring (bicyclic) bond motifs is 2. The van der Waals surface area contributed by atoms with Gasteiger partial charge in [0, 0.05) is 14.2 Å². The average molecular weight is 353 g/mol. The van der Waals surface area contributed by atoms with Crippen LogP contribution in [0, 0.1) is 0 Å². The molecule has 1 atom stereocenters. The molecule has 7 heteroatoms. The largest absolute Gasteiger partial charge is 0.497 e. The Morgan fingerprint density at radius 2 is 2.15 bits per heavy atom. The van der Waals surface area contributed by atoms with Gasteiger partial charge in [0.25, 0.3) is 0 Å². The molecule has 4 rings (SSSR count). The van der Waals surface area contributed by atoms with Gasteiger partial charge in [0.1, 0.15) is 18.2 Å². The first-order valence-corrected chi connectivity index (χ1v) is 8.80. The van der Waals surface area contributed by atoms with E-state index in [1.54, 1.807) is 18.9 Å². The third-order valence-electron chi connectivity index (χ3n) is 4.89. The summed E-state index contributed by atoms with van der Waals surface area (Å²) in [5.74, 6) is 2.36. The Morgan fingerprint density at radius 1 is 1.27 bits per heavy atom. The van der Waals surface area contributed by atoms with Gasteiger partial charge in [-0.1, -0.05) is 6.07 Å². The Kier molecular flexibility index (Phi) is 4.46. The van der Waals surface area contributed by atoms with Crippen LogP contribution < -0.4 is 10.1 Å². The molecule has 0 saturated carbocycles. The van der Waals surface area contributed by atoms with Crippen molar-refractivity contribution in [1.82, 2.24) is 19.7 Å². The van der Waals surface area contributed by atoms with Gasteiger partial charge in [-0.05, 0) is 42.5 Å². The first-order chi connectivity index (χ1) is 12.7. The van der Waals surface area contributed by atoms with Crippen LogP contribution in [-0.4, -0.2) is 34.0 Å². The van der Waals surface area contributed by atoms with E-state index < -0.39 is 0 Å².